The van der Waals surface area contributed by atoms with Gasteiger partial charge in [0.05, 0.1) is 0 Å². The van der Waals surface area contributed by atoms with Crippen LogP contribution >= 0.6 is 39.9 Å². The third-order valence-electron chi connectivity index (χ3n) is 5.71. The first-order chi connectivity index (χ1) is 12.7. The normalized spacial score (nSPS) is 21.6. The van der Waals surface area contributed by atoms with E-state index in [0.717, 1.165) is 48.3 Å². The van der Waals surface area contributed by atoms with Crippen molar-refractivity contribution in [3.8, 4) is 0 Å². The number of hydrogen-bond acceptors (Lipinski definition) is 2. The quantitative estimate of drug-likeness (QED) is 0.289. The molecule has 2 atom stereocenters. The van der Waals surface area contributed by atoms with E-state index < -0.39 is 0 Å². The van der Waals surface area contributed by atoms with Gasteiger partial charge in [0.15, 0.2) is 5.96 Å². The molecular formula is C21H34BrIN4. The maximum absolute atomic E-state index is 4.42. The van der Waals surface area contributed by atoms with Gasteiger partial charge in [-0.15, -0.1) is 24.0 Å². The first-order valence-corrected chi connectivity index (χ1v) is 10.9. The highest BCUT2D eigenvalue weighted by atomic mass is 127. The molecule has 2 unspecified atom stereocenters. The molecule has 6 heteroatoms. The predicted molar refractivity (Wildman–Crippen MR) is 129 cm³/mol. The molecule has 0 radical (unpaired) electrons. The van der Waals surface area contributed by atoms with E-state index in [9.17, 15) is 0 Å². The van der Waals surface area contributed by atoms with Crippen LogP contribution in [0.2, 0.25) is 0 Å². The summed E-state index contributed by atoms with van der Waals surface area (Å²) in [5.41, 5.74) is 1.39. The number of benzene rings is 1. The predicted octanol–water partition coefficient (Wildman–Crippen LogP) is 4.29. The smallest absolute Gasteiger partial charge is 0.190 e. The average Bonchev–Trinajstić information content (AvgIpc) is 3.39. The minimum Gasteiger partial charge on any atom is -0.356 e. The molecule has 0 aromatic heterocycles. The lowest BCUT2D eigenvalue weighted by molar-refractivity contribution is 0.314. The molecule has 1 aliphatic carbocycles. The molecule has 1 aromatic rings. The second-order valence-electron chi connectivity index (χ2n) is 7.82. The van der Waals surface area contributed by atoms with Gasteiger partial charge in [-0.05, 0) is 61.8 Å². The Balaban J connectivity index is 0.00000261. The van der Waals surface area contributed by atoms with Crippen molar-refractivity contribution >= 4 is 45.9 Å². The number of nitrogens with zero attached hydrogens (tertiary/aromatic N) is 2. The van der Waals surface area contributed by atoms with Crippen LogP contribution in [0.5, 0.6) is 0 Å². The number of guanidine groups is 1. The lowest BCUT2D eigenvalue weighted by Gasteiger charge is -2.20. The lowest BCUT2D eigenvalue weighted by atomic mass is 9.97. The zero-order valence-electron chi connectivity index (χ0n) is 16.6. The van der Waals surface area contributed by atoms with Crippen molar-refractivity contribution in [2.45, 2.75) is 45.1 Å². The van der Waals surface area contributed by atoms with Crippen molar-refractivity contribution < 1.29 is 0 Å². The summed E-state index contributed by atoms with van der Waals surface area (Å²) >= 11 is 3.57. The van der Waals surface area contributed by atoms with Gasteiger partial charge >= 0.3 is 0 Å². The Bertz CT molecular complexity index is 606. The molecule has 2 N–H and O–H groups in total. The van der Waals surface area contributed by atoms with Crippen molar-refractivity contribution in [2.24, 2.45) is 16.8 Å². The van der Waals surface area contributed by atoms with Crippen LogP contribution < -0.4 is 10.6 Å². The monoisotopic (exact) mass is 548 g/mol. The molecule has 3 rings (SSSR count). The Morgan fingerprint density at radius 1 is 1.30 bits per heavy atom. The zero-order chi connectivity index (χ0) is 18.4. The van der Waals surface area contributed by atoms with Gasteiger partial charge in [0.1, 0.15) is 0 Å². The maximum Gasteiger partial charge on any atom is 0.190 e. The van der Waals surface area contributed by atoms with E-state index in [1.165, 1.54) is 37.9 Å². The van der Waals surface area contributed by atoms with E-state index in [0.29, 0.717) is 5.92 Å². The van der Waals surface area contributed by atoms with Crippen LogP contribution in [-0.4, -0.2) is 50.1 Å². The molecule has 0 bridgehead atoms. The minimum atomic E-state index is 0. The number of nitrogens with one attached hydrogen (secondary N) is 2. The summed E-state index contributed by atoms with van der Waals surface area (Å²) in [4.78, 5) is 7.09. The molecule has 1 heterocycles. The number of hydrogen-bond donors (Lipinski definition) is 2. The first-order valence-electron chi connectivity index (χ1n) is 10.1. The highest BCUT2D eigenvalue weighted by Crippen LogP contribution is 2.31. The van der Waals surface area contributed by atoms with Crippen molar-refractivity contribution in [3.05, 3.63) is 34.3 Å². The highest BCUT2D eigenvalue weighted by molar-refractivity contribution is 14.0. The summed E-state index contributed by atoms with van der Waals surface area (Å²) in [5, 5.41) is 7.09. The standard InChI is InChI=1S/C21H33BrN4.HI/c1-3-16(11-17-5-4-6-19(22)12-17)13-24-21(23-2)25-14-18-9-10-26(15-18)20-7-8-20;/h4-6,12,16,18,20H,3,7-11,13-15H2,1-2H3,(H2,23,24,25);1H. The molecule has 1 aliphatic heterocycles. The second-order valence-corrected chi connectivity index (χ2v) is 8.74. The fraction of sp³-hybridized carbons (Fsp3) is 0.667. The zero-order valence-corrected chi connectivity index (χ0v) is 20.5. The van der Waals surface area contributed by atoms with Gasteiger partial charge in [0.25, 0.3) is 0 Å². The molecule has 0 spiro atoms. The summed E-state index contributed by atoms with van der Waals surface area (Å²) in [5.74, 6) is 2.32. The van der Waals surface area contributed by atoms with Crippen LogP contribution in [-0.2, 0) is 6.42 Å². The summed E-state index contributed by atoms with van der Waals surface area (Å²) in [6.45, 7) is 6.81. The maximum atomic E-state index is 4.42. The minimum absolute atomic E-state index is 0. The molecule has 152 valence electrons. The Morgan fingerprint density at radius 2 is 2.11 bits per heavy atom. The molecule has 2 aliphatic rings. The molecular weight excluding hydrogens is 515 g/mol. The summed E-state index contributed by atoms with van der Waals surface area (Å²) in [6.07, 6.45) is 6.41. The molecule has 2 fully saturated rings. The molecule has 4 nitrogen and oxygen atoms in total. The van der Waals surface area contributed by atoms with Crippen LogP contribution in [0.15, 0.2) is 33.7 Å². The summed E-state index contributed by atoms with van der Waals surface area (Å²) < 4.78 is 1.16. The Kier molecular flexibility index (Phi) is 9.87. The fourth-order valence-electron chi connectivity index (χ4n) is 3.86. The van der Waals surface area contributed by atoms with Crippen LogP contribution in [0.1, 0.15) is 38.2 Å². The van der Waals surface area contributed by atoms with Crippen LogP contribution in [0, 0.1) is 11.8 Å². The van der Waals surface area contributed by atoms with Gasteiger partial charge in [-0.2, -0.15) is 0 Å². The van der Waals surface area contributed by atoms with Gasteiger partial charge in [0.2, 0.25) is 0 Å². The van der Waals surface area contributed by atoms with Crippen molar-refractivity contribution in [1.82, 2.24) is 15.5 Å². The molecule has 27 heavy (non-hydrogen) atoms. The Hall–Kier alpha value is -0.340. The molecule has 1 saturated heterocycles. The Labute approximate surface area is 190 Å². The van der Waals surface area contributed by atoms with E-state index in [1.807, 2.05) is 7.05 Å². The van der Waals surface area contributed by atoms with E-state index in [1.54, 1.807) is 0 Å². The van der Waals surface area contributed by atoms with Gasteiger partial charge < -0.3 is 15.5 Å². The SMILES string of the molecule is CCC(CNC(=NC)NCC1CCN(C2CC2)C1)Cc1cccc(Br)c1.I. The fourth-order valence-corrected chi connectivity index (χ4v) is 4.31. The third-order valence-corrected chi connectivity index (χ3v) is 6.20. The summed E-state index contributed by atoms with van der Waals surface area (Å²) in [7, 11) is 1.87. The van der Waals surface area contributed by atoms with E-state index in [4.69, 9.17) is 0 Å². The van der Waals surface area contributed by atoms with E-state index >= 15 is 0 Å². The molecule has 1 aromatic carbocycles. The second kappa shape index (κ2) is 11.6. The summed E-state index contributed by atoms with van der Waals surface area (Å²) in [6, 6.07) is 9.54. The van der Waals surface area contributed by atoms with Crippen molar-refractivity contribution in [1.29, 1.82) is 0 Å². The largest absolute Gasteiger partial charge is 0.356 e. The third kappa shape index (κ3) is 7.54. The van der Waals surface area contributed by atoms with E-state index in [2.05, 4.69) is 67.6 Å². The van der Waals surface area contributed by atoms with Crippen molar-refractivity contribution in [3.63, 3.8) is 0 Å². The topological polar surface area (TPSA) is 39.7 Å². The average molecular weight is 549 g/mol. The Morgan fingerprint density at radius 3 is 2.78 bits per heavy atom. The molecule has 1 saturated carbocycles. The van der Waals surface area contributed by atoms with Crippen LogP contribution in [0.3, 0.4) is 0 Å². The van der Waals surface area contributed by atoms with E-state index in [-0.39, 0.29) is 24.0 Å². The van der Waals surface area contributed by atoms with Gasteiger partial charge in [-0.3, -0.25) is 4.99 Å². The number of aliphatic imine (C=N–C) groups is 1. The van der Waals surface area contributed by atoms with Gasteiger partial charge in [0, 0.05) is 37.2 Å². The number of likely N-dealkylation sites (tertiary alicyclic amines) is 1. The van der Waals surface area contributed by atoms with Crippen LogP contribution in [0.25, 0.3) is 0 Å². The van der Waals surface area contributed by atoms with Gasteiger partial charge in [-0.1, -0.05) is 41.4 Å². The number of halogens is 2. The first kappa shape index (κ1) is 22.9. The highest BCUT2D eigenvalue weighted by Gasteiger charge is 2.34. The lowest BCUT2D eigenvalue weighted by Crippen LogP contribution is -2.42. The van der Waals surface area contributed by atoms with Crippen LogP contribution in [0.4, 0.5) is 0 Å². The number of rotatable bonds is 8. The van der Waals surface area contributed by atoms with Gasteiger partial charge in [-0.25, -0.2) is 0 Å². The molecule has 0 amide bonds. The van der Waals surface area contributed by atoms with Crippen molar-refractivity contribution in [2.75, 3.05) is 33.2 Å².